The standard InChI is InChI=1S/C12H20O2/c1-8-6-10-4-3-5-11(7-10)12(8)14-9(2)13/h8,10-12H,3-7H2,1-2H3. The molecule has 2 heteroatoms. The highest BCUT2D eigenvalue weighted by molar-refractivity contribution is 5.66. The van der Waals surface area contributed by atoms with Crippen LogP contribution in [0.1, 0.15) is 46.0 Å². The molecule has 4 unspecified atom stereocenters. The summed E-state index contributed by atoms with van der Waals surface area (Å²) < 4.78 is 5.45. The van der Waals surface area contributed by atoms with Crippen LogP contribution < -0.4 is 0 Å². The summed E-state index contributed by atoms with van der Waals surface area (Å²) in [5.74, 6) is 2.03. The largest absolute Gasteiger partial charge is 0.462 e. The van der Waals surface area contributed by atoms with Crippen LogP contribution >= 0.6 is 0 Å². The predicted molar refractivity (Wildman–Crippen MR) is 54.8 cm³/mol. The number of ether oxygens (including phenoxy) is 1. The smallest absolute Gasteiger partial charge is 0.302 e. The summed E-state index contributed by atoms with van der Waals surface area (Å²) in [6.45, 7) is 3.76. The van der Waals surface area contributed by atoms with Crippen molar-refractivity contribution in [3.63, 3.8) is 0 Å². The third-order valence-corrected chi connectivity index (χ3v) is 3.86. The van der Waals surface area contributed by atoms with Gasteiger partial charge in [-0.25, -0.2) is 0 Å². The zero-order valence-corrected chi connectivity index (χ0v) is 9.16. The van der Waals surface area contributed by atoms with E-state index in [1.54, 1.807) is 0 Å². The Labute approximate surface area is 86.0 Å². The summed E-state index contributed by atoms with van der Waals surface area (Å²) in [4.78, 5) is 11.0. The Morgan fingerprint density at radius 2 is 2.07 bits per heavy atom. The van der Waals surface area contributed by atoms with Crippen LogP contribution in [0.5, 0.6) is 0 Å². The lowest BCUT2D eigenvalue weighted by Gasteiger charge is -2.43. The van der Waals surface area contributed by atoms with Crippen LogP contribution in [-0.4, -0.2) is 12.1 Å². The lowest BCUT2D eigenvalue weighted by molar-refractivity contribution is -0.157. The van der Waals surface area contributed by atoms with E-state index in [1.165, 1.54) is 39.0 Å². The topological polar surface area (TPSA) is 26.3 Å². The first-order valence-corrected chi connectivity index (χ1v) is 5.84. The van der Waals surface area contributed by atoms with Crippen LogP contribution in [0.4, 0.5) is 0 Å². The van der Waals surface area contributed by atoms with Crippen molar-refractivity contribution in [1.82, 2.24) is 0 Å². The minimum atomic E-state index is -0.106. The molecule has 0 saturated heterocycles. The van der Waals surface area contributed by atoms with E-state index in [1.807, 2.05) is 0 Å². The molecule has 4 atom stereocenters. The fourth-order valence-corrected chi connectivity index (χ4v) is 3.37. The van der Waals surface area contributed by atoms with Gasteiger partial charge in [0.25, 0.3) is 0 Å². The number of rotatable bonds is 1. The predicted octanol–water partition coefficient (Wildman–Crippen LogP) is 2.76. The van der Waals surface area contributed by atoms with Gasteiger partial charge < -0.3 is 4.74 Å². The van der Waals surface area contributed by atoms with Crippen LogP contribution in [-0.2, 0) is 9.53 Å². The number of fused-ring (bicyclic) bond motifs is 2. The van der Waals surface area contributed by atoms with E-state index >= 15 is 0 Å². The molecule has 0 N–H and O–H groups in total. The number of hydrogen-bond donors (Lipinski definition) is 0. The van der Waals surface area contributed by atoms with Gasteiger partial charge in [0.15, 0.2) is 0 Å². The highest BCUT2D eigenvalue weighted by Gasteiger charge is 2.39. The number of carbonyl (C=O) groups is 1. The SMILES string of the molecule is CC(=O)OC1C(C)CC2CCCC1C2. The fraction of sp³-hybridized carbons (Fsp3) is 0.917. The molecule has 2 nitrogen and oxygen atoms in total. The van der Waals surface area contributed by atoms with E-state index < -0.39 is 0 Å². The van der Waals surface area contributed by atoms with Crippen molar-refractivity contribution in [1.29, 1.82) is 0 Å². The lowest BCUT2D eigenvalue weighted by Crippen LogP contribution is -2.41. The average molecular weight is 196 g/mol. The molecule has 0 aromatic heterocycles. The summed E-state index contributed by atoms with van der Waals surface area (Å²) in [6, 6.07) is 0. The minimum Gasteiger partial charge on any atom is -0.462 e. The van der Waals surface area contributed by atoms with Gasteiger partial charge in [0.2, 0.25) is 0 Å². The zero-order valence-electron chi connectivity index (χ0n) is 9.16. The molecule has 14 heavy (non-hydrogen) atoms. The van der Waals surface area contributed by atoms with Gasteiger partial charge in [-0.15, -0.1) is 0 Å². The normalized spacial score (nSPS) is 41.9. The maximum Gasteiger partial charge on any atom is 0.302 e. The third-order valence-electron chi connectivity index (χ3n) is 3.86. The van der Waals surface area contributed by atoms with Crippen molar-refractivity contribution in [2.24, 2.45) is 17.8 Å². The maximum atomic E-state index is 11.0. The Morgan fingerprint density at radius 1 is 1.29 bits per heavy atom. The first-order valence-electron chi connectivity index (χ1n) is 5.84. The Hall–Kier alpha value is -0.530. The highest BCUT2D eigenvalue weighted by Crippen LogP contribution is 2.43. The molecule has 2 aliphatic carbocycles. The van der Waals surface area contributed by atoms with Crippen molar-refractivity contribution in [2.45, 2.75) is 52.1 Å². The molecule has 2 saturated carbocycles. The van der Waals surface area contributed by atoms with Crippen LogP contribution in [0.3, 0.4) is 0 Å². The van der Waals surface area contributed by atoms with Crippen LogP contribution in [0.25, 0.3) is 0 Å². The number of hydrogen-bond acceptors (Lipinski definition) is 2. The van der Waals surface area contributed by atoms with Gasteiger partial charge in [-0.3, -0.25) is 4.79 Å². The van der Waals surface area contributed by atoms with Crippen molar-refractivity contribution in [2.75, 3.05) is 0 Å². The Kier molecular flexibility index (Phi) is 2.80. The first-order chi connectivity index (χ1) is 6.66. The van der Waals surface area contributed by atoms with Gasteiger partial charge >= 0.3 is 5.97 Å². The van der Waals surface area contributed by atoms with Crippen molar-refractivity contribution in [3.05, 3.63) is 0 Å². The molecular weight excluding hydrogens is 176 g/mol. The molecule has 0 aromatic rings. The van der Waals surface area contributed by atoms with E-state index in [9.17, 15) is 4.79 Å². The third kappa shape index (κ3) is 1.94. The van der Waals surface area contributed by atoms with Crippen molar-refractivity contribution >= 4 is 5.97 Å². The summed E-state index contributed by atoms with van der Waals surface area (Å²) in [7, 11) is 0. The molecular formula is C12H20O2. The highest BCUT2D eigenvalue weighted by atomic mass is 16.5. The zero-order chi connectivity index (χ0) is 10.1. The molecule has 0 aliphatic heterocycles. The fourth-order valence-electron chi connectivity index (χ4n) is 3.37. The molecule has 2 aliphatic rings. The van der Waals surface area contributed by atoms with Gasteiger partial charge in [-0.2, -0.15) is 0 Å². The summed E-state index contributed by atoms with van der Waals surface area (Å²) in [5, 5.41) is 0. The molecule has 2 rings (SSSR count). The molecule has 2 fully saturated rings. The van der Waals surface area contributed by atoms with Crippen molar-refractivity contribution < 1.29 is 9.53 Å². The van der Waals surface area contributed by atoms with E-state index in [0.717, 1.165) is 5.92 Å². The molecule has 80 valence electrons. The lowest BCUT2D eigenvalue weighted by atomic mass is 9.67. The summed E-state index contributed by atoms with van der Waals surface area (Å²) >= 11 is 0. The second-order valence-corrected chi connectivity index (χ2v) is 5.08. The van der Waals surface area contributed by atoms with Gasteiger partial charge in [-0.05, 0) is 37.0 Å². The molecule has 2 bridgehead atoms. The van der Waals surface area contributed by atoms with Crippen molar-refractivity contribution in [3.8, 4) is 0 Å². The van der Waals surface area contributed by atoms with Crippen LogP contribution in [0, 0.1) is 17.8 Å². The quantitative estimate of drug-likeness (QED) is 0.603. The minimum absolute atomic E-state index is 0.106. The summed E-state index contributed by atoms with van der Waals surface area (Å²) in [5.41, 5.74) is 0. The number of carbonyl (C=O) groups excluding carboxylic acids is 1. The van der Waals surface area contributed by atoms with Gasteiger partial charge in [-0.1, -0.05) is 19.8 Å². The monoisotopic (exact) mass is 196 g/mol. The van der Waals surface area contributed by atoms with E-state index in [2.05, 4.69) is 6.92 Å². The molecule has 0 heterocycles. The Bertz CT molecular complexity index is 222. The summed E-state index contributed by atoms with van der Waals surface area (Å²) in [6.07, 6.45) is 6.76. The van der Waals surface area contributed by atoms with Gasteiger partial charge in [0.1, 0.15) is 6.10 Å². The van der Waals surface area contributed by atoms with E-state index in [4.69, 9.17) is 4.74 Å². The average Bonchev–Trinajstić information content (AvgIpc) is 2.12. The Morgan fingerprint density at radius 3 is 2.79 bits per heavy atom. The van der Waals surface area contributed by atoms with Gasteiger partial charge in [0, 0.05) is 6.92 Å². The molecule has 0 spiro atoms. The molecule has 0 amide bonds. The molecule has 0 aromatic carbocycles. The second-order valence-electron chi connectivity index (χ2n) is 5.08. The second kappa shape index (κ2) is 3.92. The van der Waals surface area contributed by atoms with Gasteiger partial charge in [0.05, 0.1) is 0 Å². The van der Waals surface area contributed by atoms with Crippen LogP contribution in [0.15, 0.2) is 0 Å². The maximum absolute atomic E-state index is 11.0. The van der Waals surface area contributed by atoms with E-state index in [0.29, 0.717) is 11.8 Å². The van der Waals surface area contributed by atoms with E-state index in [-0.39, 0.29) is 12.1 Å². The van der Waals surface area contributed by atoms with Crippen LogP contribution in [0.2, 0.25) is 0 Å². The number of esters is 1. The first kappa shape index (κ1) is 10.0. The Balaban J connectivity index is 2.03. The molecule has 0 radical (unpaired) electrons.